The Morgan fingerprint density at radius 3 is 3.00 bits per heavy atom. The van der Waals surface area contributed by atoms with E-state index in [0.717, 1.165) is 46.4 Å². The van der Waals surface area contributed by atoms with E-state index in [1.165, 1.54) is 11.2 Å². The summed E-state index contributed by atoms with van der Waals surface area (Å²) in [7, 11) is 0. The fourth-order valence-corrected chi connectivity index (χ4v) is 3.64. The maximum atomic E-state index is 12.6. The molecular weight excluding hydrogens is 378 g/mol. The van der Waals surface area contributed by atoms with Crippen molar-refractivity contribution < 1.29 is 4.79 Å². The number of hydrogen-bond donors (Lipinski definition) is 3. The molecule has 1 aromatic carbocycles. The molecule has 1 amide bonds. The molecule has 5 N–H and O–H groups in total. The number of carbonyl (C=O) groups is 1. The van der Waals surface area contributed by atoms with Crippen molar-refractivity contribution in [1.29, 1.82) is 0 Å². The first-order valence-corrected chi connectivity index (χ1v) is 9.92. The van der Waals surface area contributed by atoms with Crippen molar-refractivity contribution in [3.8, 4) is 11.4 Å². The van der Waals surface area contributed by atoms with E-state index < -0.39 is 0 Å². The molecule has 0 spiro atoms. The van der Waals surface area contributed by atoms with Crippen LogP contribution in [0.4, 0.5) is 0 Å². The molecule has 0 atom stereocenters. The minimum absolute atomic E-state index is 0.0901. The molecule has 8 nitrogen and oxygen atoms in total. The molecule has 2 aromatic heterocycles. The minimum atomic E-state index is 0.0901. The molecule has 0 fully saturated rings. The average Bonchev–Trinajstić information content (AvgIpc) is 3.22. The Morgan fingerprint density at radius 1 is 1.30 bits per heavy atom. The lowest BCUT2D eigenvalue weighted by Crippen LogP contribution is -2.38. The summed E-state index contributed by atoms with van der Waals surface area (Å²) in [5.41, 5.74) is 10.4. The third-order valence-corrected chi connectivity index (χ3v) is 5.21. The van der Waals surface area contributed by atoms with Gasteiger partial charge in [0.15, 0.2) is 0 Å². The van der Waals surface area contributed by atoms with Gasteiger partial charge in [0.25, 0.3) is 0 Å². The zero-order valence-electron chi connectivity index (χ0n) is 16.7. The minimum Gasteiger partial charge on any atom is -0.403 e. The predicted octanol–water partition coefficient (Wildman–Crippen LogP) is 2.24. The molecule has 0 unspecified atom stereocenters. The van der Waals surface area contributed by atoms with Gasteiger partial charge in [-0.25, -0.2) is 5.84 Å². The Labute approximate surface area is 174 Å². The van der Waals surface area contributed by atoms with Crippen LogP contribution in [0.2, 0.25) is 0 Å². The van der Waals surface area contributed by atoms with E-state index in [9.17, 15) is 4.79 Å². The fraction of sp³-hybridized carbons (Fsp3) is 0.227. The van der Waals surface area contributed by atoms with Crippen molar-refractivity contribution in [2.75, 3.05) is 19.6 Å². The van der Waals surface area contributed by atoms with Gasteiger partial charge in [0.2, 0.25) is 5.91 Å². The number of aromatic amines is 1. The summed E-state index contributed by atoms with van der Waals surface area (Å²) in [5.74, 6) is 5.84. The second-order valence-electron chi connectivity index (χ2n) is 7.26. The summed E-state index contributed by atoms with van der Waals surface area (Å²) in [4.78, 5) is 17.9. The smallest absolute Gasteiger partial charge is 0.224 e. The van der Waals surface area contributed by atoms with Crippen molar-refractivity contribution in [3.63, 3.8) is 0 Å². The van der Waals surface area contributed by atoms with Gasteiger partial charge in [-0.3, -0.25) is 4.79 Å². The Kier molecular flexibility index (Phi) is 5.76. The number of hydrazine groups is 1. The summed E-state index contributed by atoms with van der Waals surface area (Å²) < 4.78 is 0. The van der Waals surface area contributed by atoms with Gasteiger partial charge in [0.05, 0.1) is 5.69 Å². The SMILES string of the molecule is N/C=C\N(N)CCC(=O)N1CCC=C(c2ccc3cc(-c4cccnn4)[nH]c3c2)C1. The monoisotopic (exact) mass is 403 g/mol. The van der Waals surface area contributed by atoms with Crippen LogP contribution in [0.25, 0.3) is 27.9 Å². The van der Waals surface area contributed by atoms with Crippen LogP contribution < -0.4 is 11.6 Å². The van der Waals surface area contributed by atoms with Crippen LogP contribution in [-0.4, -0.2) is 50.6 Å². The first-order chi connectivity index (χ1) is 14.6. The average molecular weight is 403 g/mol. The Morgan fingerprint density at radius 2 is 2.20 bits per heavy atom. The lowest BCUT2D eigenvalue weighted by Gasteiger charge is -2.28. The Bertz CT molecular complexity index is 1090. The van der Waals surface area contributed by atoms with Crippen LogP contribution in [0.1, 0.15) is 18.4 Å². The molecule has 3 heterocycles. The highest BCUT2D eigenvalue weighted by molar-refractivity contribution is 5.89. The molecule has 0 saturated carbocycles. The molecule has 3 aromatic rings. The first kappa shape index (κ1) is 19.7. The van der Waals surface area contributed by atoms with E-state index in [1.54, 1.807) is 12.4 Å². The number of benzene rings is 1. The van der Waals surface area contributed by atoms with Gasteiger partial charge in [-0.15, -0.1) is 5.10 Å². The van der Waals surface area contributed by atoms with E-state index in [4.69, 9.17) is 11.6 Å². The summed E-state index contributed by atoms with van der Waals surface area (Å²) in [6.07, 6.45) is 7.97. The number of aromatic nitrogens is 3. The number of fused-ring (bicyclic) bond motifs is 1. The van der Waals surface area contributed by atoms with Crippen molar-refractivity contribution in [3.05, 3.63) is 66.6 Å². The lowest BCUT2D eigenvalue weighted by molar-refractivity contribution is -0.130. The first-order valence-electron chi connectivity index (χ1n) is 9.92. The molecule has 0 aliphatic carbocycles. The van der Waals surface area contributed by atoms with Gasteiger partial charge in [0.1, 0.15) is 5.69 Å². The van der Waals surface area contributed by atoms with Gasteiger partial charge >= 0.3 is 0 Å². The van der Waals surface area contributed by atoms with E-state index in [-0.39, 0.29) is 5.91 Å². The quantitative estimate of drug-likeness (QED) is 0.429. The molecule has 1 aliphatic rings. The normalized spacial score (nSPS) is 14.3. The van der Waals surface area contributed by atoms with Gasteiger partial charge < -0.3 is 20.6 Å². The van der Waals surface area contributed by atoms with Crippen LogP contribution in [0.3, 0.4) is 0 Å². The lowest BCUT2D eigenvalue weighted by atomic mass is 10.00. The van der Waals surface area contributed by atoms with Crippen molar-refractivity contribution >= 4 is 22.4 Å². The van der Waals surface area contributed by atoms with Gasteiger partial charge in [-0.05, 0) is 41.8 Å². The standard InChI is InChI=1S/C22H25N7O/c23-8-12-29(24)11-7-22(30)28-10-2-3-18(15-28)16-5-6-17-14-21(26-20(17)13-16)19-4-1-9-25-27-19/h1,3-6,8-9,12-14,26H,2,7,10-11,15,23-24H2/b12-8-. The highest BCUT2D eigenvalue weighted by atomic mass is 16.2. The molecule has 30 heavy (non-hydrogen) atoms. The topological polar surface area (TPSA) is 117 Å². The van der Waals surface area contributed by atoms with Crippen molar-refractivity contribution in [2.24, 2.45) is 11.6 Å². The zero-order valence-corrected chi connectivity index (χ0v) is 16.7. The highest BCUT2D eigenvalue weighted by Crippen LogP contribution is 2.27. The number of nitrogens with two attached hydrogens (primary N) is 2. The second-order valence-corrected chi connectivity index (χ2v) is 7.26. The number of hydrogen-bond acceptors (Lipinski definition) is 6. The summed E-state index contributed by atoms with van der Waals surface area (Å²) in [6.45, 7) is 1.75. The van der Waals surface area contributed by atoms with Crippen LogP contribution in [0.15, 0.2) is 61.1 Å². The number of nitrogens with one attached hydrogen (secondary N) is 1. The third-order valence-electron chi connectivity index (χ3n) is 5.21. The molecule has 4 rings (SSSR count). The van der Waals surface area contributed by atoms with E-state index in [1.807, 2.05) is 17.0 Å². The van der Waals surface area contributed by atoms with Gasteiger partial charge in [-0.2, -0.15) is 5.10 Å². The number of amides is 1. The zero-order chi connectivity index (χ0) is 20.9. The Balaban J connectivity index is 1.48. The van der Waals surface area contributed by atoms with E-state index >= 15 is 0 Å². The fourth-order valence-electron chi connectivity index (χ4n) is 3.64. The van der Waals surface area contributed by atoms with Crippen LogP contribution in [-0.2, 0) is 4.79 Å². The number of nitrogens with zero attached hydrogens (tertiary/aromatic N) is 4. The molecule has 8 heteroatoms. The molecule has 154 valence electrons. The van der Waals surface area contributed by atoms with Crippen LogP contribution in [0.5, 0.6) is 0 Å². The molecule has 0 radical (unpaired) electrons. The Hall–Kier alpha value is -3.65. The maximum Gasteiger partial charge on any atom is 0.224 e. The summed E-state index contributed by atoms with van der Waals surface area (Å²) in [6, 6.07) is 12.2. The van der Waals surface area contributed by atoms with E-state index in [0.29, 0.717) is 19.5 Å². The third kappa shape index (κ3) is 4.33. The van der Waals surface area contributed by atoms with Crippen LogP contribution >= 0.6 is 0 Å². The number of H-pyrrole nitrogens is 1. The summed E-state index contributed by atoms with van der Waals surface area (Å²) in [5, 5.41) is 10.6. The predicted molar refractivity (Wildman–Crippen MR) is 117 cm³/mol. The number of carbonyl (C=O) groups excluding carboxylic acids is 1. The van der Waals surface area contributed by atoms with Gasteiger partial charge in [-0.1, -0.05) is 18.2 Å². The van der Waals surface area contributed by atoms with Crippen molar-refractivity contribution in [1.82, 2.24) is 25.1 Å². The number of rotatable bonds is 6. The van der Waals surface area contributed by atoms with Crippen LogP contribution in [0, 0.1) is 0 Å². The molecule has 0 saturated heterocycles. The second kappa shape index (κ2) is 8.79. The molecular formula is C22H25N7O. The summed E-state index contributed by atoms with van der Waals surface area (Å²) >= 11 is 0. The van der Waals surface area contributed by atoms with E-state index in [2.05, 4.69) is 45.5 Å². The highest BCUT2D eigenvalue weighted by Gasteiger charge is 2.19. The van der Waals surface area contributed by atoms with Gasteiger partial charge in [0, 0.05) is 55.6 Å². The van der Waals surface area contributed by atoms with Crippen molar-refractivity contribution in [2.45, 2.75) is 12.8 Å². The molecule has 1 aliphatic heterocycles. The maximum absolute atomic E-state index is 12.6. The largest absolute Gasteiger partial charge is 0.403 e. The molecule has 0 bridgehead atoms.